The number of aryl methyl sites for hydroxylation is 1. The molecule has 0 spiro atoms. The largest absolute Gasteiger partial charge is 0.408 e. The molecule has 1 aromatic heterocycles. The molecule has 1 N–H and O–H groups in total. The Morgan fingerprint density at radius 3 is 2.71 bits per heavy atom. The molecule has 128 valence electrons. The normalized spacial score (nSPS) is 15.4. The third-order valence-electron chi connectivity index (χ3n) is 4.26. The monoisotopic (exact) mass is 345 g/mol. The maximum atomic E-state index is 12.0. The van der Waals surface area contributed by atoms with Gasteiger partial charge in [0.25, 0.3) is 0 Å². The van der Waals surface area contributed by atoms with Gasteiger partial charge in [-0.2, -0.15) is 0 Å². The molecule has 0 unspecified atom stereocenters. The molecule has 0 atom stereocenters. The number of anilines is 1. The van der Waals surface area contributed by atoms with Crippen LogP contribution in [-0.4, -0.2) is 21.9 Å². The van der Waals surface area contributed by atoms with Crippen LogP contribution in [0.25, 0.3) is 0 Å². The summed E-state index contributed by atoms with van der Waals surface area (Å²) in [6.45, 7) is 2.06. The summed E-state index contributed by atoms with van der Waals surface area (Å²) in [5.41, 5.74) is 1.24. The highest BCUT2D eigenvalue weighted by atomic mass is 32.2. The van der Waals surface area contributed by atoms with Crippen molar-refractivity contribution >= 4 is 23.7 Å². The fraction of sp³-hybridized carbons (Fsp3) is 0.500. The summed E-state index contributed by atoms with van der Waals surface area (Å²) >= 11 is 1.67. The molecule has 24 heavy (non-hydrogen) atoms. The van der Waals surface area contributed by atoms with Gasteiger partial charge in [-0.25, -0.2) is 0 Å². The minimum absolute atomic E-state index is 0.0894. The molecular weight excluding hydrogens is 322 g/mol. The molecule has 0 radical (unpaired) electrons. The zero-order valence-electron chi connectivity index (χ0n) is 14.0. The van der Waals surface area contributed by atoms with Crippen LogP contribution in [0.2, 0.25) is 0 Å². The van der Waals surface area contributed by atoms with Crippen molar-refractivity contribution in [2.45, 2.75) is 56.3 Å². The van der Waals surface area contributed by atoms with E-state index in [1.54, 1.807) is 11.8 Å². The van der Waals surface area contributed by atoms with Gasteiger partial charge in [0.15, 0.2) is 0 Å². The van der Waals surface area contributed by atoms with Gasteiger partial charge in [0.1, 0.15) is 0 Å². The number of rotatable bonds is 6. The number of benzene rings is 1. The molecule has 1 aromatic carbocycles. The van der Waals surface area contributed by atoms with Crippen molar-refractivity contribution in [3.8, 4) is 0 Å². The molecule has 0 saturated heterocycles. The van der Waals surface area contributed by atoms with Gasteiger partial charge in [0.05, 0.1) is 0 Å². The lowest BCUT2D eigenvalue weighted by Crippen LogP contribution is -2.12. The number of amides is 1. The van der Waals surface area contributed by atoms with Gasteiger partial charge in [-0.15, -0.1) is 16.9 Å². The van der Waals surface area contributed by atoms with Crippen LogP contribution in [0.5, 0.6) is 0 Å². The summed E-state index contributed by atoms with van der Waals surface area (Å²) in [5, 5.41) is 10.7. The first-order chi connectivity index (χ1) is 11.7. The van der Waals surface area contributed by atoms with Gasteiger partial charge in [-0.05, 0) is 31.9 Å². The lowest BCUT2D eigenvalue weighted by atomic mass is 9.89. The predicted octanol–water partition coefficient (Wildman–Crippen LogP) is 4.55. The maximum Gasteiger partial charge on any atom is 0.322 e. The molecule has 1 aliphatic rings. The van der Waals surface area contributed by atoms with E-state index in [-0.39, 0.29) is 11.9 Å². The number of thioether (sulfide) groups is 1. The van der Waals surface area contributed by atoms with Gasteiger partial charge < -0.3 is 4.42 Å². The zero-order valence-corrected chi connectivity index (χ0v) is 14.8. The molecule has 1 heterocycles. The third kappa shape index (κ3) is 4.84. The van der Waals surface area contributed by atoms with Crippen molar-refractivity contribution in [3.05, 3.63) is 35.7 Å². The van der Waals surface area contributed by atoms with Gasteiger partial charge in [-0.1, -0.05) is 42.1 Å². The van der Waals surface area contributed by atoms with Crippen LogP contribution >= 0.6 is 11.8 Å². The van der Waals surface area contributed by atoms with Crippen molar-refractivity contribution in [1.29, 1.82) is 0 Å². The summed E-state index contributed by atoms with van der Waals surface area (Å²) < 4.78 is 5.61. The quantitative estimate of drug-likeness (QED) is 0.778. The van der Waals surface area contributed by atoms with Crippen LogP contribution < -0.4 is 5.32 Å². The molecule has 1 aliphatic carbocycles. The highest BCUT2D eigenvalue weighted by molar-refractivity contribution is 7.99. The van der Waals surface area contributed by atoms with Gasteiger partial charge >= 0.3 is 6.01 Å². The van der Waals surface area contributed by atoms with Crippen LogP contribution in [0.3, 0.4) is 0 Å². The second-order valence-electron chi connectivity index (χ2n) is 6.24. The number of carbonyl (C=O) groups excluding carboxylic acids is 1. The predicted molar refractivity (Wildman–Crippen MR) is 95.3 cm³/mol. The standard InChI is InChI=1S/C18H23N3O2S/c1-13-7-9-15(10-8-13)24-12-11-16(22)19-18-21-20-17(23-18)14-5-3-2-4-6-14/h7-10,14H,2-6,11-12H2,1H3,(H,19,21,22). The average molecular weight is 345 g/mol. The molecule has 1 saturated carbocycles. The van der Waals surface area contributed by atoms with E-state index in [2.05, 4.69) is 46.7 Å². The zero-order chi connectivity index (χ0) is 16.8. The molecule has 1 fully saturated rings. The SMILES string of the molecule is Cc1ccc(SCCC(=O)Nc2nnc(C3CCCCC3)o2)cc1. The number of aromatic nitrogens is 2. The van der Waals surface area contributed by atoms with Gasteiger partial charge in [0, 0.05) is 23.0 Å². The van der Waals surface area contributed by atoms with E-state index in [9.17, 15) is 4.79 Å². The number of nitrogens with one attached hydrogen (secondary N) is 1. The van der Waals surface area contributed by atoms with E-state index in [1.807, 2.05) is 0 Å². The smallest absolute Gasteiger partial charge is 0.322 e. The van der Waals surface area contributed by atoms with Crippen LogP contribution in [0, 0.1) is 6.92 Å². The van der Waals surface area contributed by atoms with Crippen molar-refractivity contribution in [1.82, 2.24) is 10.2 Å². The molecule has 0 bridgehead atoms. The maximum absolute atomic E-state index is 12.0. The van der Waals surface area contributed by atoms with Crippen LogP contribution in [0.4, 0.5) is 6.01 Å². The Balaban J connectivity index is 1.43. The molecule has 1 amide bonds. The number of hydrogen-bond acceptors (Lipinski definition) is 5. The van der Waals surface area contributed by atoms with E-state index in [0.717, 1.165) is 18.6 Å². The third-order valence-corrected chi connectivity index (χ3v) is 5.27. The Kier molecular flexibility index (Phi) is 5.91. The number of hydrogen-bond donors (Lipinski definition) is 1. The molecule has 6 heteroatoms. The van der Waals surface area contributed by atoms with E-state index < -0.39 is 0 Å². The van der Waals surface area contributed by atoms with Crippen molar-refractivity contribution < 1.29 is 9.21 Å². The lowest BCUT2D eigenvalue weighted by Gasteiger charge is -2.17. The highest BCUT2D eigenvalue weighted by Gasteiger charge is 2.21. The van der Waals surface area contributed by atoms with Crippen molar-refractivity contribution in [3.63, 3.8) is 0 Å². The van der Waals surface area contributed by atoms with Crippen molar-refractivity contribution in [2.75, 3.05) is 11.1 Å². The topological polar surface area (TPSA) is 68.0 Å². The lowest BCUT2D eigenvalue weighted by molar-refractivity contribution is -0.115. The summed E-state index contributed by atoms with van der Waals surface area (Å²) in [6, 6.07) is 8.53. The summed E-state index contributed by atoms with van der Waals surface area (Å²) in [5.74, 6) is 1.65. The van der Waals surface area contributed by atoms with Gasteiger partial charge in [0.2, 0.25) is 11.8 Å². The minimum atomic E-state index is -0.0894. The molecule has 3 rings (SSSR count). The van der Waals surface area contributed by atoms with E-state index in [0.29, 0.717) is 18.2 Å². The Hall–Kier alpha value is -1.82. The first kappa shape index (κ1) is 17.0. The summed E-state index contributed by atoms with van der Waals surface area (Å²) in [4.78, 5) is 13.2. The first-order valence-electron chi connectivity index (χ1n) is 8.53. The Morgan fingerprint density at radius 1 is 1.21 bits per heavy atom. The number of carbonyl (C=O) groups is 1. The van der Waals surface area contributed by atoms with E-state index in [4.69, 9.17) is 4.42 Å². The molecule has 2 aromatic rings. The summed E-state index contributed by atoms with van der Waals surface area (Å²) in [6.07, 6.45) is 6.33. The molecule has 0 aliphatic heterocycles. The van der Waals surface area contributed by atoms with E-state index >= 15 is 0 Å². The highest BCUT2D eigenvalue weighted by Crippen LogP contribution is 2.32. The van der Waals surface area contributed by atoms with Crippen LogP contribution in [0.15, 0.2) is 33.6 Å². The summed E-state index contributed by atoms with van der Waals surface area (Å²) in [7, 11) is 0. The van der Waals surface area contributed by atoms with Crippen molar-refractivity contribution in [2.24, 2.45) is 0 Å². The fourth-order valence-electron chi connectivity index (χ4n) is 2.88. The average Bonchev–Trinajstić information content (AvgIpc) is 3.06. The molecular formula is C18H23N3O2S. The van der Waals surface area contributed by atoms with Crippen LogP contribution in [0.1, 0.15) is 55.9 Å². The second-order valence-corrected chi connectivity index (χ2v) is 7.41. The Morgan fingerprint density at radius 2 is 1.96 bits per heavy atom. The van der Waals surface area contributed by atoms with Crippen LogP contribution in [-0.2, 0) is 4.79 Å². The Labute approximate surface area is 146 Å². The Bertz CT molecular complexity index is 663. The second kappa shape index (κ2) is 8.33. The van der Waals surface area contributed by atoms with E-state index in [1.165, 1.54) is 29.7 Å². The minimum Gasteiger partial charge on any atom is -0.408 e. The van der Waals surface area contributed by atoms with Gasteiger partial charge in [-0.3, -0.25) is 10.1 Å². The fourth-order valence-corrected chi connectivity index (χ4v) is 3.73. The number of nitrogens with zero attached hydrogens (tertiary/aromatic N) is 2. The first-order valence-corrected chi connectivity index (χ1v) is 9.52. The molecule has 5 nitrogen and oxygen atoms in total.